The van der Waals surface area contributed by atoms with Crippen LogP contribution in [0.25, 0.3) is 32.7 Å². The number of furan rings is 1. The molecule has 3 heteroatoms. The molecule has 86 valence electrons. The summed E-state index contributed by atoms with van der Waals surface area (Å²) in [5.41, 5.74) is 1.74. The first-order valence-electron chi connectivity index (χ1n) is 5.68. The third kappa shape index (κ3) is 1.27. The molecule has 0 bridgehead atoms. The van der Waals surface area contributed by atoms with Crippen LogP contribution >= 0.6 is 11.6 Å². The molecular weight excluding hydrogens is 246 g/mol. The van der Waals surface area contributed by atoms with Crippen molar-refractivity contribution in [2.45, 2.75) is 0 Å². The minimum Gasteiger partial charge on any atom is -0.456 e. The predicted octanol–water partition coefficient (Wildman–Crippen LogP) is 4.79. The molecule has 0 unspecified atom stereocenters. The van der Waals surface area contributed by atoms with Crippen molar-refractivity contribution in [3.63, 3.8) is 0 Å². The Kier molecular flexibility index (Phi) is 1.91. The number of hydrogen-bond donors (Lipinski definition) is 0. The standard InChI is InChI=1S/C15H8ClNO/c16-15-11-8-14-12(7-9(11)5-6-17-15)10-3-1-2-4-13(10)18-14/h1-8H. The molecule has 0 saturated heterocycles. The average molecular weight is 254 g/mol. The lowest BCUT2D eigenvalue weighted by atomic mass is 10.1. The second kappa shape index (κ2) is 3.47. The van der Waals surface area contributed by atoms with Crippen LogP contribution in [0.2, 0.25) is 5.15 Å². The lowest BCUT2D eigenvalue weighted by Crippen LogP contribution is -1.78. The Morgan fingerprint density at radius 1 is 0.889 bits per heavy atom. The minimum atomic E-state index is 0.509. The van der Waals surface area contributed by atoms with Crippen molar-refractivity contribution in [3.8, 4) is 0 Å². The molecule has 2 heterocycles. The maximum atomic E-state index is 6.10. The van der Waals surface area contributed by atoms with Gasteiger partial charge in [0.1, 0.15) is 16.3 Å². The zero-order valence-electron chi connectivity index (χ0n) is 9.35. The van der Waals surface area contributed by atoms with Crippen molar-refractivity contribution in [1.29, 1.82) is 0 Å². The summed E-state index contributed by atoms with van der Waals surface area (Å²) in [6.45, 7) is 0. The summed E-state index contributed by atoms with van der Waals surface area (Å²) in [5, 5.41) is 4.75. The Bertz CT molecular complexity index is 895. The number of para-hydroxylation sites is 1. The molecule has 0 saturated carbocycles. The van der Waals surface area contributed by atoms with Gasteiger partial charge in [0.25, 0.3) is 0 Å². The van der Waals surface area contributed by atoms with Crippen molar-refractivity contribution >= 4 is 44.3 Å². The Balaban J connectivity index is 2.27. The zero-order valence-corrected chi connectivity index (χ0v) is 10.1. The first kappa shape index (κ1) is 9.92. The fourth-order valence-electron chi connectivity index (χ4n) is 2.36. The van der Waals surface area contributed by atoms with Crippen molar-refractivity contribution in [2.24, 2.45) is 0 Å². The normalized spacial score (nSPS) is 11.6. The summed E-state index contributed by atoms with van der Waals surface area (Å²) in [5.74, 6) is 0. The van der Waals surface area contributed by atoms with Gasteiger partial charge in [-0.05, 0) is 29.7 Å². The van der Waals surface area contributed by atoms with Crippen LogP contribution in [-0.4, -0.2) is 4.98 Å². The summed E-state index contributed by atoms with van der Waals surface area (Å²) in [7, 11) is 0. The summed E-state index contributed by atoms with van der Waals surface area (Å²) in [4.78, 5) is 4.09. The molecule has 4 aromatic rings. The van der Waals surface area contributed by atoms with E-state index in [1.54, 1.807) is 6.20 Å². The van der Waals surface area contributed by atoms with Crippen LogP contribution in [0.1, 0.15) is 0 Å². The van der Waals surface area contributed by atoms with E-state index in [1.165, 1.54) is 0 Å². The van der Waals surface area contributed by atoms with E-state index in [4.69, 9.17) is 16.0 Å². The lowest BCUT2D eigenvalue weighted by molar-refractivity contribution is 0.669. The summed E-state index contributed by atoms with van der Waals surface area (Å²) < 4.78 is 5.83. The van der Waals surface area contributed by atoms with Gasteiger partial charge in [0, 0.05) is 22.4 Å². The number of fused-ring (bicyclic) bond motifs is 4. The van der Waals surface area contributed by atoms with Crippen molar-refractivity contribution < 1.29 is 4.42 Å². The maximum absolute atomic E-state index is 6.10. The van der Waals surface area contributed by atoms with Crippen LogP contribution in [0.4, 0.5) is 0 Å². The van der Waals surface area contributed by atoms with Gasteiger partial charge in [-0.25, -0.2) is 4.98 Å². The SMILES string of the molecule is Clc1nccc2cc3c(cc12)oc1ccccc13. The third-order valence-electron chi connectivity index (χ3n) is 3.21. The minimum absolute atomic E-state index is 0.509. The summed E-state index contributed by atoms with van der Waals surface area (Å²) in [6, 6.07) is 14.0. The average Bonchev–Trinajstić information content (AvgIpc) is 2.75. The smallest absolute Gasteiger partial charge is 0.136 e. The number of benzene rings is 2. The fraction of sp³-hybridized carbons (Fsp3) is 0. The zero-order chi connectivity index (χ0) is 12.1. The number of halogens is 1. The van der Waals surface area contributed by atoms with Crippen molar-refractivity contribution in [2.75, 3.05) is 0 Å². The first-order chi connectivity index (χ1) is 8.83. The second-order valence-corrected chi connectivity index (χ2v) is 4.63. The van der Waals surface area contributed by atoms with E-state index in [0.29, 0.717) is 5.15 Å². The van der Waals surface area contributed by atoms with Gasteiger partial charge >= 0.3 is 0 Å². The molecule has 0 aliphatic rings. The molecule has 2 nitrogen and oxygen atoms in total. The molecule has 0 N–H and O–H groups in total. The molecule has 2 aromatic carbocycles. The van der Waals surface area contributed by atoms with Gasteiger partial charge in [0.15, 0.2) is 0 Å². The Labute approximate surface area is 108 Å². The molecule has 0 fully saturated rings. The monoisotopic (exact) mass is 253 g/mol. The number of rotatable bonds is 0. The molecule has 0 radical (unpaired) electrons. The van der Waals surface area contributed by atoms with E-state index in [1.807, 2.05) is 30.3 Å². The molecule has 0 atom stereocenters. The van der Waals surface area contributed by atoms with E-state index in [9.17, 15) is 0 Å². The molecule has 2 aromatic heterocycles. The molecule has 0 spiro atoms. The highest BCUT2D eigenvalue weighted by molar-refractivity contribution is 6.34. The van der Waals surface area contributed by atoms with E-state index >= 15 is 0 Å². The molecular formula is C15H8ClNO. The molecule has 0 aliphatic carbocycles. The van der Waals surface area contributed by atoms with Crippen molar-refractivity contribution in [1.82, 2.24) is 4.98 Å². The molecule has 0 aliphatic heterocycles. The topological polar surface area (TPSA) is 26.0 Å². The van der Waals surface area contributed by atoms with E-state index in [2.05, 4.69) is 17.1 Å². The number of nitrogens with zero attached hydrogens (tertiary/aromatic N) is 1. The van der Waals surface area contributed by atoms with Crippen LogP contribution in [0.15, 0.2) is 53.1 Å². The van der Waals surface area contributed by atoms with Gasteiger partial charge < -0.3 is 4.42 Å². The third-order valence-corrected chi connectivity index (χ3v) is 3.51. The molecule has 4 rings (SSSR count). The van der Waals surface area contributed by atoms with Crippen LogP contribution < -0.4 is 0 Å². The van der Waals surface area contributed by atoms with Crippen LogP contribution in [-0.2, 0) is 0 Å². The van der Waals surface area contributed by atoms with Gasteiger partial charge in [0.05, 0.1) is 0 Å². The number of aromatic nitrogens is 1. The Hall–Kier alpha value is -2.06. The van der Waals surface area contributed by atoms with Gasteiger partial charge in [0.2, 0.25) is 0 Å². The summed E-state index contributed by atoms with van der Waals surface area (Å²) >= 11 is 6.10. The maximum Gasteiger partial charge on any atom is 0.136 e. The Morgan fingerprint density at radius 3 is 2.72 bits per heavy atom. The van der Waals surface area contributed by atoms with E-state index in [0.717, 1.165) is 32.7 Å². The van der Waals surface area contributed by atoms with Crippen molar-refractivity contribution in [3.05, 3.63) is 53.8 Å². The van der Waals surface area contributed by atoms with Gasteiger partial charge in [-0.2, -0.15) is 0 Å². The quantitative estimate of drug-likeness (QED) is 0.421. The highest BCUT2D eigenvalue weighted by Crippen LogP contribution is 2.33. The van der Waals surface area contributed by atoms with Gasteiger partial charge in [-0.3, -0.25) is 0 Å². The van der Waals surface area contributed by atoms with Gasteiger partial charge in [-0.15, -0.1) is 0 Å². The highest BCUT2D eigenvalue weighted by atomic mass is 35.5. The number of pyridine rings is 1. The van der Waals surface area contributed by atoms with E-state index < -0.39 is 0 Å². The van der Waals surface area contributed by atoms with Crippen LogP contribution in [0, 0.1) is 0 Å². The van der Waals surface area contributed by atoms with E-state index in [-0.39, 0.29) is 0 Å². The number of hydrogen-bond acceptors (Lipinski definition) is 2. The van der Waals surface area contributed by atoms with Crippen LogP contribution in [0.3, 0.4) is 0 Å². The second-order valence-electron chi connectivity index (χ2n) is 4.27. The highest BCUT2D eigenvalue weighted by Gasteiger charge is 2.09. The fourth-order valence-corrected chi connectivity index (χ4v) is 2.58. The molecule has 18 heavy (non-hydrogen) atoms. The lowest BCUT2D eigenvalue weighted by Gasteiger charge is -1.99. The summed E-state index contributed by atoms with van der Waals surface area (Å²) in [6.07, 6.45) is 1.72. The van der Waals surface area contributed by atoms with Gasteiger partial charge in [-0.1, -0.05) is 29.8 Å². The largest absolute Gasteiger partial charge is 0.456 e. The van der Waals surface area contributed by atoms with Crippen LogP contribution in [0.5, 0.6) is 0 Å². The predicted molar refractivity (Wildman–Crippen MR) is 74.0 cm³/mol. The first-order valence-corrected chi connectivity index (χ1v) is 6.06. The molecule has 0 amide bonds. The Morgan fingerprint density at radius 2 is 1.78 bits per heavy atom.